The van der Waals surface area contributed by atoms with E-state index < -0.39 is 5.91 Å². The summed E-state index contributed by atoms with van der Waals surface area (Å²) in [5.74, 6) is 2.25. The van der Waals surface area contributed by atoms with Crippen LogP contribution in [-0.2, 0) is 9.59 Å². The molecule has 0 atom stereocenters. The second-order valence-corrected chi connectivity index (χ2v) is 6.32. The van der Waals surface area contributed by atoms with E-state index in [-0.39, 0.29) is 18.1 Å². The third-order valence-electron chi connectivity index (χ3n) is 3.48. The van der Waals surface area contributed by atoms with Crippen LogP contribution in [0.5, 0.6) is 5.75 Å². The van der Waals surface area contributed by atoms with Gasteiger partial charge in [-0.15, -0.1) is 6.42 Å². The molecule has 25 heavy (non-hydrogen) atoms. The zero-order valence-corrected chi connectivity index (χ0v) is 15.2. The monoisotopic (exact) mass is 444 g/mol. The summed E-state index contributed by atoms with van der Waals surface area (Å²) in [5, 5.41) is 1.24. The summed E-state index contributed by atoms with van der Waals surface area (Å²) in [6, 6.07) is 14.3. The van der Waals surface area contributed by atoms with E-state index in [1.54, 1.807) is 42.5 Å². The Kier molecular flexibility index (Phi) is 5.05. The van der Waals surface area contributed by atoms with E-state index in [0.717, 1.165) is 9.13 Å². The molecule has 0 aliphatic carbocycles. The molecular weight excluding hydrogens is 431 g/mol. The topological polar surface area (TPSA) is 58.6 Å². The van der Waals surface area contributed by atoms with Gasteiger partial charge in [0, 0.05) is 0 Å². The molecule has 1 fully saturated rings. The molecule has 1 aliphatic heterocycles. The SMILES string of the molecule is C#CCOc1ccc(C=C2C(=O)NN(c3ccccc3)C2=O)cc1I. The van der Waals surface area contributed by atoms with E-state index in [4.69, 9.17) is 11.2 Å². The van der Waals surface area contributed by atoms with Crippen LogP contribution in [0, 0.1) is 15.9 Å². The molecule has 0 unspecified atom stereocenters. The van der Waals surface area contributed by atoms with Crippen molar-refractivity contribution in [2.45, 2.75) is 0 Å². The predicted molar refractivity (Wildman–Crippen MR) is 104 cm³/mol. The average Bonchev–Trinajstić information content (AvgIpc) is 2.90. The van der Waals surface area contributed by atoms with E-state index in [1.807, 2.05) is 12.1 Å². The van der Waals surface area contributed by atoms with Crippen molar-refractivity contribution in [1.29, 1.82) is 0 Å². The molecule has 0 spiro atoms. The molecular formula is C19H13IN2O3. The summed E-state index contributed by atoms with van der Waals surface area (Å²) in [5.41, 5.74) is 3.99. The van der Waals surface area contributed by atoms with E-state index >= 15 is 0 Å². The number of para-hydroxylation sites is 1. The van der Waals surface area contributed by atoms with E-state index in [2.05, 4.69) is 33.9 Å². The van der Waals surface area contributed by atoms with Gasteiger partial charge < -0.3 is 4.74 Å². The maximum atomic E-state index is 12.5. The molecule has 5 nitrogen and oxygen atoms in total. The van der Waals surface area contributed by atoms with Crippen LogP contribution in [0.15, 0.2) is 54.1 Å². The number of amides is 2. The van der Waals surface area contributed by atoms with Gasteiger partial charge in [-0.1, -0.05) is 30.2 Å². The molecule has 1 heterocycles. The Labute approximate surface area is 158 Å². The molecule has 0 saturated carbocycles. The highest BCUT2D eigenvalue weighted by Crippen LogP contribution is 2.25. The van der Waals surface area contributed by atoms with Gasteiger partial charge in [-0.25, -0.2) is 5.01 Å². The quantitative estimate of drug-likeness (QED) is 0.342. The number of benzene rings is 2. The number of terminal acetylenes is 1. The maximum absolute atomic E-state index is 12.5. The maximum Gasteiger partial charge on any atom is 0.282 e. The number of anilines is 1. The lowest BCUT2D eigenvalue weighted by Crippen LogP contribution is -2.35. The van der Waals surface area contributed by atoms with Crippen molar-refractivity contribution in [3.8, 4) is 18.1 Å². The third-order valence-corrected chi connectivity index (χ3v) is 4.33. The molecule has 1 saturated heterocycles. The molecule has 2 amide bonds. The third kappa shape index (κ3) is 3.67. The number of hydrazine groups is 1. The van der Waals surface area contributed by atoms with Gasteiger partial charge in [0.15, 0.2) is 0 Å². The fourth-order valence-electron chi connectivity index (χ4n) is 2.33. The first-order valence-electron chi connectivity index (χ1n) is 7.38. The lowest BCUT2D eigenvalue weighted by Gasteiger charge is -2.13. The molecule has 124 valence electrons. The van der Waals surface area contributed by atoms with E-state index in [0.29, 0.717) is 11.4 Å². The van der Waals surface area contributed by atoms with Crippen LogP contribution in [0.4, 0.5) is 5.69 Å². The summed E-state index contributed by atoms with van der Waals surface area (Å²) in [4.78, 5) is 24.7. The van der Waals surface area contributed by atoms with Crippen molar-refractivity contribution >= 4 is 46.2 Å². The Morgan fingerprint density at radius 2 is 1.96 bits per heavy atom. The van der Waals surface area contributed by atoms with Gasteiger partial charge >= 0.3 is 0 Å². The minimum Gasteiger partial charge on any atom is -0.480 e. The number of halogens is 1. The lowest BCUT2D eigenvalue weighted by atomic mass is 10.1. The summed E-state index contributed by atoms with van der Waals surface area (Å²) in [6.07, 6.45) is 6.75. The van der Waals surface area contributed by atoms with Crippen LogP contribution in [-0.4, -0.2) is 18.4 Å². The zero-order valence-electron chi connectivity index (χ0n) is 13.0. The number of carbonyl (C=O) groups excluding carboxylic acids is 2. The molecule has 3 rings (SSSR count). The highest BCUT2D eigenvalue weighted by molar-refractivity contribution is 14.1. The van der Waals surface area contributed by atoms with Crippen molar-refractivity contribution in [1.82, 2.24) is 5.43 Å². The fourth-order valence-corrected chi connectivity index (χ4v) is 3.02. The van der Waals surface area contributed by atoms with E-state index in [9.17, 15) is 9.59 Å². The van der Waals surface area contributed by atoms with Crippen molar-refractivity contribution < 1.29 is 14.3 Å². The summed E-state index contributed by atoms with van der Waals surface area (Å²) in [7, 11) is 0. The molecule has 6 heteroatoms. The first-order chi connectivity index (χ1) is 12.1. The zero-order chi connectivity index (χ0) is 17.8. The predicted octanol–water partition coefficient (Wildman–Crippen LogP) is 2.76. The summed E-state index contributed by atoms with van der Waals surface area (Å²) >= 11 is 2.12. The minimum absolute atomic E-state index is 0.0805. The highest BCUT2D eigenvalue weighted by atomic mass is 127. The van der Waals surface area contributed by atoms with Crippen LogP contribution in [0.3, 0.4) is 0 Å². The van der Waals surface area contributed by atoms with Crippen LogP contribution < -0.4 is 15.2 Å². The average molecular weight is 444 g/mol. The molecule has 0 aromatic heterocycles. The van der Waals surface area contributed by atoms with Gasteiger partial charge in [0.05, 0.1) is 9.26 Å². The minimum atomic E-state index is -0.434. The standard InChI is InChI=1S/C19H13IN2O3/c1-2-10-25-17-9-8-13(12-16(17)20)11-15-18(23)21-22(19(15)24)14-6-4-3-5-7-14/h1,3-9,11-12H,10H2,(H,21,23). The first-order valence-corrected chi connectivity index (χ1v) is 8.46. The van der Waals surface area contributed by atoms with Gasteiger partial charge in [0.2, 0.25) is 0 Å². The Balaban J connectivity index is 1.86. The number of hydrogen-bond acceptors (Lipinski definition) is 3. The van der Waals surface area contributed by atoms with Crippen molar-refractivity contribution in [3.05, 3.63) is 63.2 Å². The molecule has 1 aliphatic rings. The number of nitrogens with one attached hydrogen (secondary N) is 1. The Morgan fingerprint density at radius 1 is 1.20 bits per heavy atom. The van der Waals surface area contributed by atoms with Crippen molar-refractivity contribution in [3.63, 3.8) is 0 Å². The number of hydrogen-bond donors (Lipinski definition) is 1. The second-order valence-electron chi connectivity index (χ2n) is 5.16. The molecule has 0 radical (unpaired) electrons. The summed E-state index contributed by atoms with van der Waals surface area (Å²) < 4.78 is 6.25. The Morgan fingerprint density at radius 3 is 2.64 bits per heavy atom. The highest BCUT2D eigenvalue weighted by Gasteiger charge is 2.34. The number of carbonyl (C=O) groups is 2. The molecule has 2 aromatic rings. The first kappa shape index (κ1) is 17.0. The van der Waals surface area contributed by atoms with Crippen LogP contribution in [0.2, 0.25) is 0 Å². The van der Waals surface area contributed by atoms with E-state index in [1.165, 1.54) is 5.01 Å². The van der Waals surface area contributed by atoms with Gasteiger partial charge in [-0.3, -0.25) is 15.0 Å². The van der Waals surface area contributed by atoms with Crippen molar-refractivity contribution in [2.75, 3.05) is 11.6 Å². The number of nitrogens with zero attached hydrogens (tertiary/aromatic N) is 1. The summed E-state index contributed by atoms with van der Waals surface area (Å²) in [6.45, 7) is 0.184. The lowest BCUT2D eigenvalue weighted by molar-refractivity contribution is -0.117. The van der Waals surface area contributed by atoms with Gasteiger partial charge in [-0.05, 0) is 58.5 Å². The smallest absolute Gasteiger partial charge is 0.282 e. The molecule has 1 N–H and O–H groups in total. The molecule has 2 aromatic carbocycles. The van der Waals surface area contributed by atoms with Crippen LogP contribution in [0.1, 0.15) is 5.56 Å². The van der Waals surface area contributed by atoms with Crippen LogP contribution in [0.25, 0.3) is 6.08 Å². The van der Waals surface area contributed by atoms with Gasteiger partial charge in [-0.2, -0.15) is 0 Å². The van der Waals surface area contributed by atoms with Gasteiger partial charge in [0.25, 0.3) is 11.8 Å². The molecule has 0 bridgehead atoms. The van der Waals surface area contributed by atoms with Gasteiger partial charge in [0.1, 0.15) is 17.9 Å². The van der Waals surface area contributed by atoms with Crippen molar-refractivity contribution in [2.24, 2.45) is 0 Å². The largest absolute Gasteiger partial charge is 0.480 e. The Hall–Kier alpha value is -2.79. The fraction of sp³-hybridized carbons (Fsp3) is 0.0526. The number of rotatable bonds is 4. The Bertz CT molecular complexity index is 901. The number of ether oxygens (including phenoxy) is 1. The second kappa shape index (κ2) is 7.40. The van der Waals surface area contributed by atoms with Crippen LogP contribution >= 0.6 is 22.6 Å². The normalized spacial score (nSPS) is 15.2.